The summed E-state index contributed by atoms with van der Waals surface area (Å²) in [6, 6.07) is 7.39. The fourth-order valence-electron chi connectivity index (χ4n) is 3.29. The standard InChI is InChI=1S/C19H18ClN3O3S/c1-26-15-8-11(7-13(20)17(15)24)9-23-5-4-12-14(10-23)21-18(22-19(12)25)16-3-2-6-27-16/h2-3,6-8,24H,4-5,9-10H2,1H3,(H,21,22,25). The lowest BCUT2D eigenvalue weighted by molar-refractivity contribution is 0.240. The van der Waals surface area contributed by atoms with Gasteiger partial charge in [-0.25, -0.2) is 4.98 Å². The van der Waals surface area contributed by atoms with Gasteiger partial charge in [0.15, 0.2) is 17.3 Å². The summed E-state index contributed by atoms with van der Waals surface area (Å²) < 4.78 is 5.18. The van der Waals surface area contributed by atoms with Crippen molar-refractivity contribution in [2.45, 2.75) is 19.5 Å². The first-order valence-electron chi connectivity index (χ1n) is 8.49. The Morgan fingerprint density at radius 2 is 2.30 bits per heavy atom. The number of nitrogens with one attached hydrogen (secondary N) is 1. The van der Waals surface area contributed by atoms with Crippen LogP contribution in [0.3, 0.4) is 0 Å². The Hall–Kier alpha value is -2.35. The molecule has 0 aliphatic carbocycles. The third-order valence-electron chi connectivity index (χ3n) is 4.62. The van der Waals surface area contributed by atoms with Crippen molar-refractivity contribution in [1.29, 1.82) is 0 Å². The van der Waals surface area contributed by atoms with Gasteiger partial charge in [-0.3, -0.25) is 9.69 Å². The number of aromatic nitrogens is 2. The molecule has 0 fully saturated rings. The van der Waals surface area contributed by atoms with Crippen LogP contribution in [0, 0.1) is 0 Å². The number of hydrogen-bond donors (Lipinski definition) is 2. The van der Waals surface area contributed by atoms with Crippen LogP contribution >= 0.6 is 22.9 Å². The summed E-state index contributed by atoms with van der Waals surface area (Å²) in [6.07, 6.45) is 0.644. The molecular formula is C19H18ClN3O3S. The Kier molecular flexibility index (Phi) is 4.90. The van der Waals surface area contributed by atoms with E-state index in [1.165, 1.54) is 7.11 Å². The van der Waals surface area contributed by atoms with Gasteiger partial charge in [0.1, 0.15) is 0 Å². The molecule has 1 aliphatic heterocycles. The lowest BCUT2D eigenvalue weighted by Gasteiger charge is -2.28. The number of nitrogens with zero attached hydrogens (tertiary/aromatic N) is 2. The summed E-state index contributed by atoms with van der Waals surface area (Å²) in [6.45, 7) is 1.95. The molecule has 1 aromatic carbocycles. The van der Waals surface area contributed by atoms with E-state index in [0.29, 0.717) is 31.1 Å². The van der Waals surface area contributed by atoms with Gasteiger partial charge in [-0.05, 0) is 35.6 Å². The number of aromatic amines is 1. The zero-order valence-electron chi connectivity index (χ0n) is 14.7. The van der Waals surface area contributed by atoms with Gasteiger partial charge in [0, 0.05) is 25.2 Å². The molecule has 0 saturated carbocycles. The molecule has 6 nitrogen and oxygen atoms in total. The van der Waals surface area contributed by atoms with Crippen LogP contribution in [0.25, 0.3) is 10.7 Å². The quantitative estimate of drug-likeness (QED) is 0.697. The van der Waals surface area contributed by atoms with Crippen molar-refractivity contribution in [2.75, 3.05) is 13.7 Å². The molecule has 2 N–H and O–H groups in total. The predicted octanol–water partition coefficient (Wildman–Crippen LogP) is 3.42. The van der Waals surface area contributed by atoms with Crippen LogP contribution in [0.4, 0.5) is 0 Å². The lowest BCUT2D eigenvalue weighted by atomic mass is 10.1. The second-order valence-electron chi connectivity index (χ2n) is 6.41. The van der Waals surface area contributed by atoms with E-state index < -0.39 is 0 Å². The Balaban J connectivity index is 1.60. The van der Waals surface area contributed by atoms with Crippen LogP contribution in [0.15, 0.2) is 34.4 Å². The highest BCUT2D eigenvalue weighted by molar-refractivity contribution is 7.13. The first kappa shape index (κ1) is 18.0. The Bertz CT molecular complexity index is 1030. The predicted molar refractivity (Wildman–Crippen MR) is 106 cm³/mol. The van der Waals surface area contributed by atoms with Crippen LogP contribution < -0.4 is 10.3 Å². The molecule has 0 amide bonds. The molecule has 3 aromatic rings. The molecule has 1 aliphatic rings. The number of ether oxygens (including phenoxy) is 1. The van der Waals surface area contributed by atoms with Crippen molar-refractivity contribution in [1.82, 2.24) is 14.9 Å². The number of H-pyrrole nitrogens is 1. The molecule has 2 aromatic heterocycles. The molecule has 0 atom stereocenters. The second kappa shape index (κ2) is 7.34. The summed E-state index contributed by atoms with van der Waals surface area (Å²) in [4.78, 5) is 23.2. The van der Waals surface area contributed by atoms with E-state index in [1.54, 1.807) is 23.5 Å². The van der Waals surface area contributed by atoms with Crippen molar-refractivity contribution in [3.8, 4) is 22.2 Å². The maximum absolute atomic E-state index is 12.4. The lowest BCUT2D eigenvalue weighted by Crippen LogP contribution is -2.35. The molecular weight excluding hydrogens is 386 g/mol. The molecule has 4 rings (SSSR count). The van der Waals surface area contributed by atoms with E-state index in [9.17, 15) is 9.90 Å². The van der Waals surface area contributed by atoms with Gasteiger partial charge in [-0.2, -0.15) is 0 Å². The second-order valence-corrected chi connectivity index (χ2v) is 7.76. The summed E-state index contributed by atoms with van der Waals surface area (Å²) >= 11 is 7.64. The first-order chi connectivity index (χ1) is 13.0. The summed E-state index contributed by atoms with van der Waals surface area (Å²) in [5, 5.41) is 12.1. The summed E-state index contributed by atoms with van der Waals surface area (Å²) in [5.74, 6) is 0.912. The molecule has 0 bridgehead atoms. The van der Waals surface area contributed by atoms with Crippen LogP contribution in [-0.2, 0) is 19.5 Å². The topological polar surface area (TPSA) is 78.5 Å². The van der Waals surface area contributed by atoms with E-state index in [0.717, 1.165) is 28.2 Å². The molecule has 0 unspecified atom stereocenters. The molecule has 3 heterocycles. The zero-order valence-corrected chi connectivity index (χ0v) is 16.2. The number of hydrogen-bond acceptors (Lipinski definition) is 6. The van der Waals surface area contributed by atoms with Gasteiger partial charge in [-0.1, -0.05) is 17.7 Å². The largest absolute Gasteiger partial charge is 0.503 e. The Labute approximate surface area is 165 Å². The SMILES string of the molecule is COc1cc(CN2CCc3c(nc(-c4cccs4)[nH]c3=O)C2)cc(Cl)c1O. The first-order valence-corrected chi connectivity index (χ1v) is 9.74. The van der Waals surface area contributed by atoms with Gasteiger partial charge in [-0.15, -0.1) is 11.3 Å². The van der Waals surface area contributed by atoms with E-state index >= 15 is 0 Å². The highest BCUT2D eigenvalue weighted by Gasteiger charge is 2.22. The van der Waals surface area contributed by atoms with E-state index in [1.807, 2.05) is 17.5 Å². The molecule has 0 radical (unpaired) electrons. The smallest absolute Gasteiger partial charge is 0.254 e. The van der Waals surface area contributed by atoms with Gasteiger partial charge in [0.2, 0.25) is 0 Å². The van der Waals surface area contributed by atoms with E-state index in [-0.39, 0.29) is 16.3 Å². The van der Waals surface area contributed by atoms with Crippen LogP contribution in [0.5, 0.6) is 11.5 Å². The van der Waals surface area contributed by atoms with Crippen molar-refractivity contribution >= 4 is 22.9 Å². The minimum Gasteiger partial charge on any atom is -0.503 e. The third-order valence-corrected chi connectivity index (χ3v) is 5.79. The van der Waals surface area contributed by atoms with Crippen molar-refractivity contribution in [3.63, 3.8) is 0 Å². The van der Waals surface area contributed by atoms with Crippen LogP contribution in [-0.4, -0.2) is 33.6 Å². The van der Waals surface area contributed by atoms with Crippen molar-refractivity contribution in [2.24, 2.45) is 0 Å². The third kappa shape index (κ3) is 3.58. The zero-order chi connectivity index (χ0) is 19.0. The number of fused-ring (bicyclic) bond motifs is 1. The number of thiophene rings is 1. The van der Waals surface area contributed by atoms with E-state index in [2.05, 4.69) is 9.88 Å². The van der Waals surface area contributed by atoms with E-state index in [4.69, 9.17) is 21.3 Å². The average molecular weight is 404 g/mol. The number of methoxy groups -OCH3 is 1. The van der Waals surface area contributed by atoms with Crippen molar-refractivity contribution < 1.29 is 9.84 Å². The highest BCUT2D eigenvalue weighted by Crippen LogP contribution is 2.35. The summed E-state index contributed by atoms with van der Waals surface area (Å²) in [5.41, 5.74) is 2.44. The van der Waals surface area contributed by atoms with Crippen LogP contribution in [0.2, 0.25) is 5.02 Å². The average Bonchev–Trinajstić information content (AvgIpc) is 3.19. The Morgan fingerprint density at radius 1 is 1.44 bits per heavy atom. The summed E-state index contributed by atoms with van der Waals surface area (Å²) in [7, 11) is 1.49. The minimum atomic E-state index is -0.0580. The maximum Gasteiger partial charge on any atom is 0.254 e. The van der Waals surface area contributed by atoms with Gasteiger partial charge in [0.25, 0.3) is 5.56 Å². The molecule has 8 heteroatoms. The number of phenols is 1. The molecule has 0 saturated heterocycles. The number of phenolic OH excluding ortho intramolecular Hbond substituents is 1. The highest BCUT2D eigenvalue weighted by atomic mass is 35.5. The number of aromatic hydroxyl groups is 1. The molecule has 27 heavy (non-hydrogen) atoms. The monoisotopic (exact) mass is 403 g/mol. The van der Waals surface area contributed by atoms with Crippen LogP contribution in [0.1, 0.15) is 16.8 Å². The minimum absolute atomic E-state index is 0.0549. The number of benzene rings is 1. The maximum atomic E-state index is 12.4. The van der Waals surface area contributed by atoms with Gasteiger partial charge in [0.05, 0.1) is 22.7 Å². The Morgan fingerprint density at radius 3 is 3.04 bits per heavy atom. The number of halogens is 1. The fraction of sp³-hybridized carbons (Fsp3) is 0.263. The number of rotatable bonds is 4. The molecule has 140 valence electrons. The van der Waals surface area contributed by atoms with Gasteiger partial charge < -0.3 is 14.8 Å². The normalized spacial score (nSPS) is 14.1. The van der Waals surface area contributed by atoms with Crippen molar-refractivity contribution in [3.05, 3.63) is 61.8 Å². The molecule has 0 spiro atoms. The fourth-order valence-corrected chi connectivity index (χ4v) is 4.19. The van der Waals surface area contributed by atoms with Gasteiger partial charge >= 0.3 is 0 Å².